The van der Waals surface area contributed by atoms with Gasteiger partial charge >= 0.3 is 6.18 Å². The molecule has 0 aromatic heterocycles. The summed E-state index contributed by atoms with van der Waals surface area (Å²) in [7, 11) is 0. The van der Waals surface area contributed by atoms with E-state index in [2.05, 4.69) is 9.89 Å². The number of nitrogens with zero attached hydrogens (tertiary/aromatic N) is 3. The molecule has 1 aliphatic heterocycles. The van der Waals surface area contributed by atoms with Gasteiger partial charge < -0.3 is 15.4 Å². The maximum Gasteiger partial charge on any atom is 0.416 e. The summed E-state index contributed by atoms with van der Waals surface area (Å²) in [5.74, 6) is 0.456. The third-order valence-corrected chi connectivity index (χ3v) is 4.64. The van der Waals surface area contributed by atoms with Crippen LogP contribution >= 0.6 is 24.0 Å². The largest absolute Gasteiger partial charge is 0.416 e. The third-order valence-electron chi connectivity index (χ3n) is 4.64. The van der Waals surface area contributed by atoms with E-state index in [9.17, 15) is 13.2 Å². The number of halogens is 4. The van der Waals surface area contributed by atoms with Crippen LogP contribution in [-0.2, 0) is 10.9 Å². The summed E-state index contributed by atoms with van der Waals surface area (Å²) < 4.78 is 43.7. The van der Waals surface area contributed by atoms with Crippen LogP contribution in [0, 0.1) is 0 Å². The first-order valence-corrected chi connectivity index (χ1v) is 8.90. The molecule has 1 heterocycles. The second-order valence-corrected chi connectivity index (χ2v) is 6.16. The smallest absolute Gasteiger partial charge is 0.378 e. The van der Waals surface area contributed by atoms with Crippen LogP contribution in [-0.4, -0.2) is 61.7 Å². The number of aliphatic imine (C=N–C) groups is 1. The predicted molar refractivity (Wildman–Crippen MR) is 111 cm³/mol. The van der Waals surface area contributed by atoms with Gasteiger partial charge in [0.1, 0.15) is 0 Å². The Morgan fingerprint density at radius 3 is 2.22 bits per heavy atom. The fourth-order valence-electron chi connectivity index (χ4n) is 3.06. The molecule has 1 aromatic rings. The SMILES string of the molecule is CCN(CC)C(CN=C(N)N1CCOCC1)c1ccc(C(F)(F)F)cc1.I. The maximum atomic E-state index is 12.8. The fraction of sp³-hybridized carbons (Fsp3) is 0.611. The van der Waals surface area contributed by atoms with Crippen LogP contribution in [0.2, 0.25) is 0 Å². The van der Waals surface area contributed by atoms with E-state index in [4.69, 9.17) is 10.5 Å². The third kappa shape index (κ3) is 6.79. The zero-order valence-corrected chi connectivity index (χ0v) is 18.0. The molecule has 1 fully saturated rings. The first-order valence-electron chi connectivity index (χ1n) is 8.90. The van der Waals surface area contributed by atoms with Crippen LogP contribution in [0.15, 0.2) is 29.3 Å². The lowest BCUT2D eigenvalue weighted by atomic mass is 10.0. The standard InChI is InChI=1S/C18H27F3N4O.HI/c1-3-24(4-2)16(13-23-17(22)25-9-11-26-12-10-25)14-5-7-15(8-6-14)18(19,20)21;/h5-8,16H,3-4,9-13H2,1-2H3,(H2,22,23);1H. The van der Waals surface area contributed by atoms with Gasteiger partial charge in [0.15, 0.2) is 5.96 Å². The zero-order valence-electron chi connectivity index (χ0n) is 15.7. The van der Waals surface area contributed by atoms with Crippen molar-refractivity contribution in [3.8, 4) is 0 Å². The molecule has 1 atom stereocenters. The second kappa shape index (κ2) is 11.1. The molecule has 1 saturated heterocycles. The van der Waals surface area contributed by atoms with E-state index in [0.717, 1.165) is 30.8 Å². The quantitative estimate of drug-likeness (QED) is 0.370. The number of likely N-dealkylation sites (N-methyl/N-ethyl adjacent to an activating group) is 1. The summed E-state index contributed by atoms with van der Waals surface area (Å²) in [5.41, 5.74) is 6.26. The Labute approximate surface area is 175 Å². The van der Waals surface area contributed by atoms with Crippen molar-refractivity contribution in [3.63, 3.8) is 0 Å². The van der Waals surface area contributed by atoms with Crippen molar-refractivity contribution in [2.24, 2.45) is 10.7 Å². The lowest BCUT2D eigenvalue weighted by Gasteiger charge is -2.31. The van der Waals surface area contributed by atoms with Gasteiger partial charge in [0.2, 0.25) is 0 Å². The Morgan fingerprint density at radius 2 is 1.74 bits per heavy atom. The van der Waals surface area contributed by atoms with Crippen molar-refractivity contribution >= 4 is 29.9 Å². The maximum absolute atomic E-state index is 12.8. The fourth-order valence-corrected chi connectivity index (χ4v) is 3.06. The highest BCUT2D eigenvalue weighted by Gasteiger charge is 2.30. The first kappa shape index (κ1) is 24.0. The summed E-state index contributed by atoms with van der Waals surface area (Å²) in [5, 5.41) is 0. The molecule has 0 spiro atoms. The normalized spacial score (nSPS) is 17.0. The van der Waals surface area contributed by atoms with Crippen LogP contribution in [0.25, 0.3) is 0 Å². The minimum absolute atomic E-state index is 0. The number of nitrogens with two attached hydrogens (primary N) is 1. The number of morpholine rings is 1. The molecule has 0 aliphatic carbocycles. The van der Waals surface area contributed by atoms with Gasteiger partial charge in [-0.1, -0.05) is 26.0 Å². The highest BCUT2D eigenvalue weighted by atomic mass is 127. The van der Waals surface area contributed by atoms with Crippen molar-refractivity contribution in [1.82, 2.24) is 9.80 Å². The van der Waals surface area contributed by atoms with Gasteiger partial charge in [-0.3, -0.25) is 9.89 Å². The molecule has 0 amide bonds. The number of guanidine groups is 1. The van der Waals surface area contributed by atoms with Gasteiger partial charge in [-0.2, -0.15) is 13.2 Å². The molecule has 27 heavy (non-hydrogen) atoms. The molecule has 9 heteroatoms. The van der Waals surface area contributed by atoms with Gasteiger partial charge in [-0.15, -0.1) is 24.0 Å². The van der Waals surface area contributed by atoms with Crippen molar-refractivity contribution < 1.29 is 17.9 Å². The molecule has 0 saturated carbocycles. The average molecular weight is 500 g/mol. The number of hydrogen-bond acceptors (Lipinski definition) is 3. The molecule has 0 radical (unpaired) electrons. The van der Waals surface area contributed by atoms with Gasteiger partial charge in [-0.05, 0) is 30.8 Å². The lowest BCUT2D eigenvalue weighted by molar-refractivity contribution is -0.137. The first-order chi connectivity index (χ1) is 12.4. The van der Waals surface area contributed by atoms with E-state index in [1.165, 1.54) is 12.1 Å². The van der Waals surface area contributed by atoms with E-state index in [0.29, 0.717) is 38.8 Å². The van der Waals surface area contributed by atoms with Crippen LogP contribution in [0.3, 0.4) is 0 Å². The minimum atomic E-state index is -4.33. The Morgan fingerprint density at radius 1 is 1.19 bits per heavy atom. The summed E-state index contributed by atoms with van der Waals surface area (Å²) in [6.45, 7) is 8.63. The van der Waals surface area contributed by atoms with E-state index < -0.39 is 11.7 Å². The number of ether oxygens (including phenoxy) is 1. The molecule has 0 bridgehead atoms. The molecule has 2 N–H and O–H groups in total. The Bertz CT molecular complexity index is 585. The molecular formula is C18H28F3IN4O. The van der Waals surface area contributed by atoms with Crippen molar-refractivity contribution in [3.05, 3.63) is 35.4 Å². The van der Waals surface area contributed by atoms with Gasteiger partial charge in [0, 0.05) is 13.1 Å². The van der Waals surface area contributed by atoms with Crippen molar-refractivity contribution in [2.45, 2.75) is 26.1 Å². The summed E-state index contributed by atoms with van der Waals surface area (Å²) in [6.07, 6.45) is -4.33. The van der Waals surface area contributed by atoms with Gasteiger partial charge in [-0.25, -0.2) is 0 Å². The number of hydrogen-bond donors (Lipinski definition) is 1. The number of benzene rings is 1. The highest BCUT2D eigenvalue weighted by molar-refractivity contribution is 14.0. The summed E-state index contributed by atoms with van der Waals surface area (Å²) in [4.78, 5) is 8.65. The minimum Gasteiger partial charge on any atom is -0.378 e. The predicted octanol–water partition coefficient (Wildman–Crippen LogP) is 3.35. The summed E-state index contributed by atoms with van der Waals surface area (Å²) in [6, 6.07) is 5.20. The van der Waals surface area contributed by atoms with Crippen molar-refractivity contribution in [2.75, 3.05) is 45.9 Å². The Hall–Kier alpha value is -1.07. The van der Waals surface area contributed by atoms with Gasteiger partial charge in [0.25, 0.3) is 0 Å². The number of alkyl halides is 3. The lowest BCUT2D eigenvalue weighted by Crippen LogP contribution is -2.45. The van der Waals surface area contributed by atoms with Crippen LogP contribution in [0.1, 0.15) is 31.0 Å². The zero-order chi connectivity index (χ0) is 19.2. The molecular weight excluding hydrogens is 472 g/mol. The van der Waals surface area contributed by atoms with Crippen LogP contribution < -0.4 is 5.73 Å². The van der Waals surface area contributed by atoms with E-state index in [1.807, 2.05) is 18.7 Å². The van der Waals surface area contributed by atoms with Crippen molar-refractivity contribution in [1.29, 1.82) is 0 Å². The van der Waals surface area contributed by atoms with E-state index >= 15 is 0 Å². The Kier molecular flexibility index (Phi) is 9.82. The molecule has 2 rings (SSSR count). The van der Waals surface area contributed by atoms with Gasteiger partial charge in [0.05, 0.1) is 31.4 Å². The van der Waals surface area contributed by atoms with E-state index in [-0.39, 0.29) is 30.0 Å². The van der Waals surface area contributed by atoms with Crippen LogP contribution in [0.5, 0.6) is 0 Å². The molecule has 1 unspecified atom stereocenters. The van der Waals surface area contributed by atoms with E-state index in [1.54, 1.807) is 0 Å². The molecule has 1 aromatic carbocycles. The summed E-state index contributed by atoms with van der Waals surface area (Å²) >= 11 is 0. The Balaban J connectivity index is 0.00000364. The molecule has 1 aliphatic rings. The topological polar surface area (TPSA) is 54.1 Å². The monoisotopic (exact) mass is 500 g/mol. The molecule has 5 nitrogen and oxygen atoms in total. The highest BCUT2D eigenvalue weighted by Crippen LogP contribution is 2.31. The second-order valence-electron chi connectivity index (χ2n) is 6.16. The average Bonchev–Trinajstić information content (AvgIpc) is 2.65. The molecule has 154 valence electrons. The number of rotatable bonds is 6. The van der Waals surface area contributed by atoms with Crippen LogP contribution in [0.4, 0.5) is 13.2 Å².